The quantitative estimate of drug-likeness (QED) is 0.850. The maximum Gasteiger partial charge on any atom is 0.220 e. The van der Waals surface area contributed by atoms with Crippen molar-refractivity contribution in [2.75, 3.05) is 37.5 Å². The lowest BCUT2D eigenvalue weighted by Gasteiger charge is -2.42. The van der Waals surface area contributed by atoms with E-state index in [0.29, 0.717) is 29.9 Å². The van der Waals surface area contributed by atoms with Crippen LogP contribution in [0.4, 0.5) is 11.6 Å². The Balaban J connectivity index is 1.81. The van der Waals surface area contributed by atoms with Crippen molar-refractivity contribution in [3.63, 3.8) is 0 Å². The molecule has 0 aromatic carbocycles. The van der Waals surface area contributed by atoms with Gasteiger partial charge in [-0.1, -0.05) is 0 Å². The van der Waals surface area contributed by atoms with Crippen LogP contribution in [0.2, 0.25) is 0 Å². The summed E-state index contributed by atoms with van der Waals surface area (Å²) in [6.45, 7) is 1.75. The van der Waals surface area contributed by atoms with E-state index in [9.17, 15) is 4.79 Å². The molecule has 2 unspecified atom stereocenters. The van der Waals surface area contributed by atoms with E-state index in [2.05, 4.69) is 25.5 Å². The predicted molar refractivity (Wildman–Crippen MR) is 79.6 cm³/mol. The van der Waals surface area contributed by atoms with Crippen LogP contribution in [0.25, 0.3) is 0 Å². The molecule has 114 valence electrons. The Morgan fingerprint density at radius 2 is 2.29 bits per heavy atom. The summed E-state index contributed by atoms with van der Waals surface area (Å²) >= 11 is 0. The number of piperidine rings is 2. The number of ether oxygens (including phenoxy) is 1. The standard InChI is InChI=1S/C14H21N5O2/c1-15-13-12(21-2)14(17-8-16-13)19-6-5-10-9(7-19)3-4-11(20)18-10/h8-10H,3-7H2,1-2H3,(H,18,20)(H,15,16,17). The molecule has 1 amide bonds. The SMILES string of the molecule is CNc1ncnc(N2CCC3NC(=O)CCC3C2)c1OC. The number of anilines is 2. The minimum absolute atomic E-state index is 0.182. The third-order valence-corrected chi connectivity index (χ3v) is 4.35. The fourth-order valence-electron chi connectivity index (χ4n) is 3.26. The van der Waals surface area contributed by atoms with Crippen molar-refractivity contribution in [2.24, 2.45) is 5.92 Å². The lowest BCUT2D eigenvalue weighted by molar-refractivity contribution is -0.124. The molecule has 0 aliphatic carbocycles. The first-order valence-electron chi connectivity index (χ1n) is 7.34. The van der Waals surface area contributed by atoms with Crippen molar-refractivity contribution in [1.29, 1.82) is 0 Å². The molecule has 2 atom stereocenters. The molecule has 3 heterocycles. The van der Waals surface area contributed by atoms with E-state index in [0.717, 1.165) is 31.7 Å². The van der Waals surface area contributed by atoms with E-state index >= 15 is 0 Å². The summed E-state index contributed by atoms with van der Waals surface area (Å²) in [5.74, 6) is 2.86. The molecular formula is C14H21N5O2. The number of carbonyl (C=O) groups excluding carboxylic acids is 1. The molecule has 1 aromatic rings. The van der Waals surface area contributed by atoms with E-state index in [1.807, 2.05) is 7.05 Å². The molecule has 21 heavy (non-hydrogen) atoms. The number of aromatic nitrogens is 2. The number of methoxy groups -OCH3 is 1. The van der Waals surface area contributed by atoms with Gasteiger partial charge in [0, 0.05) is 32.6 Å². The third kappa shape index (κ3) is 2.59. The summed E-state index contributed by atoms with van der Waals surface area (Å²) in [4.78, 5) is 22.3. The summed E-state index contributed by atoms with van der Waals surface area (Å²) in [5.41, 5.74) is 0. The highest BCUT2D eigenvalue weighted by Gasteiger charge is 2.35. The Morgan fingerprint density at radius 1 is 1.43 bits per heavy atom. The molecule has 2 saturated heterocycles. The summed E-state index contributed by atoms with van der Waals surface area (Å²) < 4.78 is 5.47. The first-order valence-corrected chi connectivity index (χ1v) is 7.34. The zero-order valence-corrected chi connectivity index (χ0v) is 12.4. The first kappa shape index (κ1) is 13.9. The molecule has 0 radical (unpaired) electrons. The van der Waals surface area contributed by atoms with E-state index < -0.39 is 0 Å². The van der Waals surface area contributed by atoms with E-state index in [1.165, 1.54) is 0 Å². The van der Waals surface area contributed by atoms with Crippen LogP contribution < -0.4 is 20.3 Å². The number of nitrogens with one attached hydrogen (secondary N) is 2. The van der Waals surface area contributed by atoms with Gasteiger partial charge in [0.05, 0.1) is 7.11 Å². The summed E-state index contributed by atoms with van der Waals surface area (Å²) in [7, 11) is 3.45. The van der Waals surface area contributed by atoms with E-state index in [-0.39, 0.29) is 5.91 Å². The first-order chi connectivity index (χ1) is 10.2. The van der Waals surface area contributed by atoms with Crippen molar-refractivity contribution in [1.82, 2.24) is 15.3 Å². The highest BCUT2D eigenvalue weighted by molar-refractivity contribution is 5.77. The van der Waals surface area contributed by atoms with Gasteiger partial charge in [0.25, 0.3) is 0 Å². The molecule has 0 bridgehead atoms. The van der Waals surface area contributed by atoms with Gasteiger partial charge in [0.2, 0.25) is 11.7 Å². The van der Waals surface area contributed by atoms with Gasteiger partial charge in [-0.25, -0.2) is 9.97 Å². The van der Waals surface area contributed by atoms with Gasteiger partial charge >= 0.3 is 0 Å². The zero-order valence-electron chi connectivity index (χ0n) is 12.4. The number of amides is 1. The Bertz CT molecular complexity index is 536. The average Bonchev–Trinajstić information content (AvgIpc) is 2.53. The summed E-state index contributed by atoms with van der Waals surface area (Å²) in [5, 5.41) is 6.13. The number of hydrogen-bond donors (Lipinski definition) is 2. The van der Waals surface area contributed by atoms with Gasteiger partial charge in [0.15, 0.2) is 11.6 Å². The highest BCUT2D eigenvalue weighted by atomic mass is 16.5. The van der Waals surface area contributed by atoms with Crippen molar-refractivity contribution in [3.05, 3.63) is 6.33 Å². The molecule has 7 nitrogen and oxygen atoms in total. The largest absolute Gasteiger partial charge is 0.490 e. The topological polar surface area (TPSA) is 79.4 Å². The van der Waals surface area contributed by atoms with Crippen LogP contribution in [0.15, 0.2) is 6.33 Å². The molecule has 2 aliphatic rings. The van der Waals surface area contributed by atoms with Gasteiger partial charge in [-0.3, -0.25) is 4.79 Å². The van der Waals surface area contributed by atoms with Crippen LogP contribution in [0.5, 0.6) is 5.75 Å². The van der Waals surface area contributed by atoms with Crippen molar-refractivity contribution in [3.8, 4) is 5.75 Å². The van der Waals surface area contributed by atoms with Crippen LogP contribution in [-0.4, -0.2) is 49.2 Å². The Labute approximate surface area is 124 Å². The number of hydrogen-bond acceptors (Lipinski definition) is 6. The van der Waals surface area contributed by atoms with Crippen LogP contribution in [-0.2, 0) is 4.79 Å². The number of fused-ring (bicyclic) bond motifs is 1. The lowest BCUT2D eigenvalue weighted by Crippen LogP contribution is -2.54. The van der Waals surface area contributed by atoms with Crippen LogP contribution in [0, 0.1) is 5.92 Å². The summed E-state index contributed by atoms with van der Waals surface area (Å²) in [6.07, 6.45) is 4.06. The van der Waals surface area contributed by atoms with Gasteiger partial charge < -0.3 is 20.3 Å². The molecule has 7 heteroatoms. The van der Waals surface area contributed by atoms with E-state index in [4.69, 9.17) is 4.74 Å². The lowest BCUT2D eigenvalue weighted by atomic mass is 9.85. The van der Waals surface area contributed by atoms with Crippen molar-refractivity contribution < 1.29 is 9.53 Å². The maximum absolute atomic E-state index is 11.5. The second kappa shape index (κ2) is 5.75. The molecular weight excluding hydrogens is 270 g/mol. The molecule has 2 fully saturated rings. The highest BCUT2D eigenvalue weighted by Crippen LogP contribution is 2.35. The predicted octanol–water partition coefficient (Wildman–Crippen LogP) is 0.632. The summed E-state index contributed by atoms with van der Waals surface area (Å²) in [6, 6.07) is 0.305. The second-order valence-corrected chi connectivity index (χ2v) is 5.54. The van der Waals surface area contributed by atoms with Crippen LogP contribution in [0.3, 0.4) is 0 Å². The molecule has 0 saturated carbocycles. The average molecular weight is 291 g/mol. The maximum atomic E-state index is 11.5. The number of nitrogens with zero attached hydrogens (tertiary/aromatic N) is 3. The molecule has 1 aromatic heterocycles. The van der Waals surface area contributed by atoms with Gasteiger partial charge in [0.1, 0.15) is 6.33 Å². The monoisotopic (exact) mass is 291 g/mol. The van der Waals surface area contributed by atoms with Gasteiger partial charge in [-0.2, -0.15) is 0 Å². The molecule has 3 rings (SSSR count). The van der Waals surface area contributed by atoms with Crippen molar-refractivity contribution >= 4 is 17.5 Å². The smallest absolute Gasteiger partial charge is 0.220 e. The Morgan fingerprint density at radius 3 is 3.05 bits per heavy atom. The van der Waals surface area contributed by atoms with E-state index in [1.54, 1.807) is 13.4 Å². The van der Waals surface area contributed by atoms with Gasteiger partial charge in [-0.05, 0) is 18.8 Å². The minimum Gasteiger partial charge on any atom is -0.490 e. The minimum atomic E-state index is 0.182. The van der Waals surface area contributed by atoms with Crippen molar-refractivity contribution in [2.45, 2.75) is 25.3 Å². The zero-order chi connectivity index (χ0) is 14.8. The molecule has 2 aliphatic heterocycles. The van der Waals surface area contributed by atoms with Crippen LogP contribution >= 0.6 is 0 Å². The Kier molecular flexibility index (Phi) is 3.81. The fraction of sp³-hybridized carbons (Fsp3) is 0.643. The number of rotatable bonds is 3. The fourth-order valence-corrected chi connectivity index (χ4v) is 3.26. The molecule has 0 spiro atoms. The van der Waals surface area contributed by atoms with Crippen LogP contribution in [0.1, 0.15) is 19.3 Å². The molecule has 2 N–H and O–H groups in total. The second-order valence-electron chi connectivity index (χ2n) is 5.54. The number of carbonyl (C=O) groups is 1. The third-order valence-electron chi connectivity index (χ3n) is 4.35. The van der Waals surface area contributed by atoms with Gasteiger partial charge in [-0.15, -0.1) is 0 Å². The Hall–Kier alpha value is -2.05. The normalized spacial score (nSPS) is 25.0.